The summed E-state index contributed by atoms with van der Waals surface area (Å²) < 4.78 is 0. The van der Waals surface area contributed by atoms with Crippen LogP contribution in [0.5, 0.6) is 5.75 Å². The van der Waals surface area contributed by atoms with Crippen LogP contribution in [0.1, 0.15) is 43.0 Å². The lowest BCUT2D eigenvalue weighted by molar-refractivity contribution is -0.0109. The number of phenols is 1. The van der Waals surface area contributed by atoms with Crippen LogP contribution in [0.4, 0.5) is 0 Å². The van der Waals surface area contributed by atoms with Crippen molar-refractivity contribution >= 4 is 17.5 Å². The quantitative estimate of drug-likeness (QED) is 0.803. The van der Waals surface area contributed by atoms with E-state index in [-0.39, 0.29) is 17.9 Å². The van der Waals surface area contributed by atoms with Gasteiger partial charge in [0.1, 0.15) is 5.75 Å². The summed E-state index contributed by atoms with van der Waals surface area (Å²) in [7, 11) is 0. The van der Waals surface area contributed by atoms with Crippen molar-refractivity contribution in [2.75, 3.05) is 6.54 Å². The van der Waals surface area contributed by atoms with E-state index < -0.39 is 11.5 Å². The fourth-order valence-corrected chi connectivity index (χ4v) is 3.00. The first-order valence-electron chi connectivity index (χ1n) is 6.89. The first-order chi connectivity index (χ1) is 9.39. The highest BCUT2D eigenvalue weighted by Crippen LogP contribution is 2.31. The molecule has 3 N–H and O–H groups in total. The zero-order chi connectivity index (χ0) is 14.8. The van der Waals surface area contributed by atoms with Gasteiger partial charge in [-0.25, -0.2) is 0 Å². The molecule has 4 nitrogen and oxygen atoms in total. The van der Waals surface area contributed by atoms with Gasteiger partial charge in [-0.2, -0.15) is 0 Å². The maximum absolute atomic E-state index is 12.0. The Labute approximate surface area is 123 Å². The van der Waals surface area contributed by atoms with Crippen molar-refractivity contribution in [2.24, 2.45) is 5.92 Å². The van der Waals surface area contributed by atoms with Gasteiger partial charge >= 0.3 is 0 Å². The molecular weight excluding hydrogens is 278 g/mol. The summed E-state index contributed by atoms with van der Waals surface area (Å²) in [5, 5.41) is 23.2. The number of hydrogen-bond donors (Lipinski definition) is 3. The molecule has 2 rings (SSSR count). The van der Waals surface area contributed by atoms with E-state index in [1.54, 1.807) is 6.07 Å². The van der Waals surface area contributed by atoms with Crippen molar-refractivity contribution in [3.63, 3.8) is 0 Å². The van der Waals surface area contributed by atoms with Crippen molar-refractivity contribution < 1.29 is 15.0 Å². The van der Waals surface area contributed by atoms with E-state index in [2.05, 4.69) is 12.2 Å². The Balaban J connectivity index is 1.98. The Morgan fingerprint density at radius 2 is 2.30 bits per heavy atom. The number of halogens is 1. The molecule has 110 valence electrons. The Morgan fingerprint density at radius 3 is 2.95 bits per heavy atom. The number of carbonyl (C=O) groups excluding carboxylic acids is 1. The lowest BCUT2D eigenvalue weighted by atomic mass is 9.79. The van der Waals surface area contributed by atoms with E-state index in [0.29, 0.717) is 23.8 Å². The first kappa shape index (κ1) is 15.1. The maximum atomic E-state index is 12.0. The Morgan fingerprint density at radius 1 is 1.55 bits per heavy atom. The number of aliphatic hydroxyl groups is 1. The van der Waals surface area contributed by atoms with Crippen LogP contribution in [0.2, 0.25) is 5.02 Å². The summed E-state index contributed by atoms with van der Waals surface area (Å²) in [6.07, 6.45) is 3.48. The zero-order valence-electron chi connectivity index (χ0n) is 11.5. The average molecular weight is 298 g/mol. The molecule has 2 atom stereocenters. The van der Waals surface area contributed by atoms with Gasteiger partial charge in [0.2, 0.25) is 0 Å². The molecule has 0 radical (unpaired) electrons. The fourth-order valence-electron chi connectivity index (χ4n) is 2.83. The number of phenolic OH excluding ortho intramolecular Hbond substituents is 1. The highest BCUT2D eigenvalue weighted by molar-refractivity contribution is 6.30. The second-order valence-corrected chi connectivity index (χ2v) is 6.21. The van der Waals surface area contributed by atoms with Gasteiger partial charge in [0.15, 0.2) is 0 Å². The summed E-state index contributed by atoms with van der Waals surface area (Å²) in [6, 6.07) is 4.35. The van der Waals surface area contributed by atoms with Gasteiger partial charge in [0, 0.05) is 11.6 Å². The van der Waals surface area contributed by atoms with Gasteiger partial charge in [0.25, 0.3) is 5.91 Å². The Hall–Kier alpha value is -1.26. The largest absolute Gasteiger partial charge is 0.507 e. The monoisotopic (exact) mass is 297 g/mol. The van der Waals surface area contributed by atoms with E-state index in [1.165, 1.54) is 12.1 Å². The summed E-state index contributed by atoms with van der Waals surface area (Å²) in [6.45, 7) is 2.31. The molecule has 1 saturated carbocycles. The van der Waals surface area contributed by atoms with E-state index in [9.17, 15) is 15.0 Å². The van der Waals surface area contributed by atoms with Crippen molar-refractivity contribution in [2.45, 2.75) is 38.2 Å². The van der Waals surface area contributed by atoms with E-state index in [4.69, 9.17) is 11.6 Å². The summed E-state index contributed by atoms with van der Waals surface area (Å²) in [4.78, 5) is 12.0. The van der Waals surface area contributed by atoms with Gasteiger partial charge in [-0.3, -0.25) is 4.79 Å². The van der Waals surface area contributed by atoms with Crippen molar-refractivity contribution in [1.82, 2.24) is 5.32 Å². The lowest BCUT2D eigenvalue weighted by Crippen LogP contribution is -2.45. The number of nitrogens with one attached hydrogen (secondary N) is 1. The van der Waals surface area contributed by atoms with Crippen molar-refractivity contribution in [1.29, 1.82) is 0 Å². The van der Waals surface area contributed by atoms with Gasteiger partial charge in [-0.1, -0.05) is 31.4 Å². The molecule has 0 bridgehead atoms. The van der Waals surface area contributed by atoms with Crippen LogP contribution in [-0.2, 0) is 0 Å². The van der Waals surface area contributed by atoms with Crippen LogP contribution in [0.3, 0.4) is 0 Å². The normalized spacial score (nSPS) is 26.2. The molecular formula is C15H20ClNO3. The molecule has 2 unspecified atom stereocenters. The highest BCUT2D eigenvalue weighted by atomic mass is 35.5. The second-order valence-electron chi connectivity index (χ2n) is 5.77. The molecule has 0 saturated heterocycles. The number of aromatic hydroxyl groups is 1. The SMILES string of the molecule is CC1CCCC(O)(CNC(=O)c2ccc(Cl)cc2O)C1. The molecule has 1 aliphatic rings. The molecule has 0 heterocycles. The number of benzene rings is 1. The van der Waals surface area contributed by atoms with E-state index in [0.717, 1.165) is 12.8 Å². The van der Waals surface area contributed by atoms with Gasteiger partial charge in [0.05, 0.1) is 11.2 Å². The van der Waals surface area contributed by atoms with E-state index >= 15 is 0 Å². The standard InChI is InChI=1S/C15H20ClNO3/c1-10-3-2-6-15(20,8-10)9-17-14(19)12-5-4-11(16)7-13(12)18/h4-5,7,10,18,20H,2-3,6,8-9H2,1H3,(H,17,19). The highest BCUT2D eigenvalue weighted by Gasteiger charge is 2.33. The molecule has 1 fully saturated rings. The third kappa shape index (κ3) is 3.64. The molecule has 5 heteroatoms. The molecule has 1 amide bonds. The maximum Gasteiger partial charge on any atom is 0.255 e. The summed E-state index contributed by atoms with van der Waals surface area (Å²) in [5.74, 6) is -0.0839. The van der Waals surface area contributed by atoms with Gasteiger partial charge in [-0.05, 0) is 37.0 Å². The zero-order valence-corrected chi connectivity index (χ0v) is 12.3. The van der Waals surface area contributed by atoms with Gasteiger partial charge in [-0.15, -0.1) is 0 Å². The van der Waals surface area contributed by atoms with Crippen LogP contribution in [-0.4, -0.2) is 28.3 Å². The molecule has 1 aromatic carbocycles. The number of amides is 1. The average Bonchev–Trinajstić information content (AvgIpc) is 2.36. The minimum Gasteiger partial charge on any atom is -0.507 e. The molecule has 1 aliphatic carbocycles. The number of carbonyl (C=O) groups is 1. The minimum absolute atomic E-state index is 0.154. The topological polar surface area (TPSA) is 69.6 Å². The Kier molecular flexibility index (Phi) is 4.55. The molecule has 0 aliphatic heterocycles. The van der Waals surface area contributed by atoms with Crippen LogP contribution in [0.15, 0.2) is 18.2 Å². The third-order valence-electron chi connectivity index (χ3n) is 3.85. The molecule has 20 heavy (non-hydrogen) atoms. The molecule has 0 aromatic heterocycles. The van der Waals surface area contributed by atoms with Gasteiger partial charge < -0.3 is 15.5 Å². The van der Waals surface area contributed by atoms with Crippen molar-refractivity contribution in [3.05, 3.63) is 28.8 Å². The van der Waals surface area contributed by atoms with Crippen LogP contribution in [0.25, 0.3) is 0 Å². The molecule has 1 aromatic rings. The lowest BCUT2D eigenvalue weighted by Gasteiger charge is -2.35. The predicted molar refractivity (Wildman–Crippen MR) is 78.0 cm³/mol. The van der Waals surface area contributed by atoms with Crippen LogP contribution in [0, 0.1) is 5.92 Å². The first-order valence-corrected chi connectivity index (χ1v) is 7.26. The number of hydrogen-bond acceptors (Lipinski definition) is 3. The minimum atomic E-state index is -0.838. The van der Waals surface area contributed by atoms with Crippen LogP contribution >= 0.6 is 11.6 Å². The smallest absolute Gasteiger partial charge is 0.255 e. The summed E-state index contributed by atoms with van der Waals surface area (Å²) in [5.41, 5.74) is -0.670. The second kappa shape index (κ2) is 6.02. The van der Waals surface area contributed by atoms with Crippen LogP contribution < -0.4 is 5.32 Å². The van der Waals surface area contributed by atoms with Crippen molar-refractivity contribution in [3.8, 4) is 5.75 Å². The Bertz CT molecular complexity index is 506. The fraction of sp³-hybridized carbons (Fsp3) is 0.533. The van der Waals surface area contributed by atoms with E-state index in [1.807, 2.05) is 0 Å². The predicted octanol–water partition coefficient (Wildman–Crippen LogP) is 2.72. The summed E-state index contributed by atoms with van der Waals surface area (Å²) >= 11 is 5.73. The molecule has 0 spiro atoms. The number of rotatable bonds is 3. The third-order valence-corrected chi connectivity index (χ3v) is 4.08.